The largest absolute Gasteiger partial charge is 0.394 e. The Morgan fingerprint density at radius 3 is 2.18 bits per heavy atom. The molecule has 7 amide bonds. The Morgan fingerprint density at radius 2 is 1.63 bits per heavy atom. The molecular weight excluding hydrogens is 495 g/mol. The van der Waals surface area contributed by atoms with Crippen LogP contribution in [0, 0.1) is 5.92 Å². The molecule has 2 radical (unpaired) electrons. The van der Waals surface area contributed by atoms with E-state index in [1.165, 1.54) is 12.2 Å². The Morgan fingerprint density at radius 1 is 0.974 bits per heavy atom. The second kappa shape index (κ2) is 17.2. The van der Waals surface area contributed by atoms with Crippen molar-refractivity contribution in [1.29, 1.82) is 0 Å². The van der Waals surface area contributed by atoms with Crippen molar-refractivity contribution in [2.24, 2.45) is 11.7 Å². The van der Waals surface area contributed by atoms with E-state index in [1.54, 1.807) is 13.8 Å². The van der Waals surface area contributed by atoms with Crippen LogP contribution in [0.15, 0.2) is 12.2 Å². The number of nitrogens with two attached hydrogens (primary N) is 1. The molecule has 13 nitrogen and oxygen atoms in total. The summed E-state index contributed by atoms with van der Waals surface area (Å²) in [6, 6.07) is -3.31. The summed E-state index contributed by atoms with van der Waals surface area (Å²) in [5.41, 5.74) is 5.05. The summed E-state index contributed by atoms with van der Waals surface area (Å²) in [6.45, 7) is 3.60. The number of imide groups is 1. The number of hydrogen-bond donors (Lipinski definition) is 6. The first-order valence-electron chi connectivity index (χ1n) is 12.8. The maximum atomic E-state index is 13.0. The number of rotatable bonds is 18. The molecule has 1 unspecified atom stereocenters. The first-order chi connectivity index (χ1) is 18.0. The third-order valence-electron chi connectivity index (χ3n) is 5.90. The summed E-state index contributed by atoms with van der Waals surface area (Å²) in [5, 5.41) is 19.7. The highest BCUT2D eigenvalue weighted by molar-refractivity contribution is 6.12. The standard InChI is InChI=1S/C24H39BN6O7/c1-15(2)21(30-18(33)8-4-3-5-12-31-19(34)9-10-20(31)35)23(37)29-17(7-6-11-27-24(26)38)22(36)28-16(13-25)14-32/h9-10,15-17,21,32H,3-8,11-14H2,1-2H3,(H,28,36)(H,29,37)(H,30,33)(H3,26,27,38)/t16-,17+,21?/m1/s1. The lowest BCUT2D eigenvalue weighted by Crippen LogP contribution is -2.56. The molecule has 0 aromatic rings. The summed E-state index contributed by atoms with van der Waals surface area (Å²) in [7, 11) is 5.53. The summed E-state index contributed by atoms with van der Waals surface area (Å²) in [5.74, 6) is -2.42. The second-order valence-electron chi connectivity index (χ2n) is 9.38. The molecular formula is C24H39BN6O7. The summed E-state index contributed by atoms with van der Waals surface area (Å²) in [6.07, 6.45) is 4.75. The SMILES string of the molecule is [B]C[C@H](CO)NC(=O)[C@H](CCCNC(N)=O)NC(=O)C(NC(=O)CCCCCN1C(=O)C=CC1=O)C(C)C. The Hall–Kier alpha value is -3.42. The van der Waals surface area contributed by atoms with E-state index >= 15 is 0 Å². The Kier molecular flexibility index (Phi) is 14.7. The molecule has 3 atom stereocenters. The van der Waals surface area contributed by atoms with E-state index in [9.17, 15) is 33.9 Å². The normalized spacial score (nSPS) is 15.2. The van der Waals surface area contributed by atoms with Gasteiger partial charge in [-0.25, -0.2) is 4.79 Å². The van der Waals surface area contributed by atoms with E-state index in [-0.39, 0.29) is 62.5 Å². The van der Waals surface area contributed by atoms with E-state index < -0.39 is 36.0 Å². The Bertz CT molecular complexity index is 860. The lowest BCUT2D eigenvalue weighted by atomic mass is 9.97. The molecule has 1 heterocycles. The monoisotopic (exact) mass is 534 g/mol. The van der Waals surface area contributed by atoms with E-state index in [4.69, 9.17) is 13.6 Å². The van der Waals surface area contributed by atoms with Crippen LogP contribution < -0.4 is 27.0 Å². The lowest BCUT2D eigenvalue weighted by Gasteiger charge is -2.26. The fourth-order valence-electron chi connectivity index (χ4n) is 3.69. The van der Waals surface area contributed by atoms with Crippen LogP contribution in [-0.2, 0) is 24.0 Å². The maximum absolute atomic E-state index is 13.0. The van der Waals surface area contributed by atoms with Gasteiger partial charge in [0, 0.05) is 37.7 Å². The number of hydrogen-bond acceptors (Lipinski definition) is 7. The molecule has 1 aliphatic heterocycles. The van der Waals surface area contributed by atoms with Gasteiger partial charge in [-0.15, -0.1) is 0 Å². The molecule has 0 aromatic carbocycles. The van der Waals surface area contributed by atoms with E-state index in [1.807, 2.05) is 0 Å². The zero-order valence-electron chi connectivity index (χ0n) is 22.0. The average Bonchev–Trinajstić information content (AvgIpc) is 3.18. The zero-order chi connectivity index (χ0) is 28.7. The molecule has 0 bridgehead atoms. The van der Waals surface area contributed by atoms with Crippen molar-refractivity contribution in [1.82, 2.24) is 26.2 Å². The quantitative estimate of drug-likeness (QED) is 0.0706. The molecule has 210 valence electrons. The fourth-order valence-corrected chi connectivity index (χ4v) is 3.69. The Labute approximate surface area is 224 Å². The van der Waals surface area contributed by atoms with Crippen LogP contribution >= 0.6 is 0 Å². The van der Waals surface area contributed by atoms with Crippen molar-refractivity contribution in [2.75, 3.05) is 19.7 Å². The van der Waals surface area contributed by atoms with Crippen molar-refractivity contribution in [3.8, 4) is 0 Å². The third kappa shape index (κ3) is 11.8. The summed E-state index contributed by atoms with van der Waals surface area (Å²) < 4.78 is 0. The predicted molar refractivity (Wildman–Crippen MR) is 139 cm³/mol. The van der Waals surface area contributed by atoms with Gasteiger partial charge in [0.25, 0.3) is 11.8 Å². The number of nitrogens with zero attached hydrogens (tertiary/aromatic N) is 1. The molecule has 0 aliphatic carbocycles. The van der Waals surface area contributed by atoms with Crippen LogP contribution in [0.1, 0.15) is 52.4 Å². The number of carbonyl (C=O) groups is 6. The maximum Gasteiger partial charge on any atom is 0.312 e. The van der Waals surface area contributed by atoms with Gasteiger partial charge in [0.15, 0.2) is 0 Å². The number of aliphatic hydroxyl groups is 1. The number of unbranched alkanes of at least 4 members (excludes halogenated alkanes) is 2. The minimum atomic E-state index is -0.999. The second-order valence-corrected chi connectivity index (χ2v) is 9.38. The molecule has 7 N–H and O–H groups in total. The first kappa shape index (κ1) is 32.6. The third-order valence-corrected chi connectivity index (χ3v) is 5.90. The summed E-state index contributed by atoms with van der Waals surface area (Å²) in [4.78, 5) is 73.5. The van der Waals surface area contributed by atoms with Gasteiger partial charge >= 0.3 is 6.03 Å². The van der Waals surface area contributed by atoms with Crippen LogP contribution in [0.5, 0.6) is 0 Å². The van der Waals surface area contributed by atoms with Gasteiger partial charge in [0.05, 0.1) is 14.5 Å². The molecule has 38 heavy (non-hydrogen) atoms. The van der Waals surface area contributed by atoms with Gasteiger partial charge in [-0.3, -0.25) is 28.9 Å². The van der Waals surface area contributed by atoms with Gasteiger partial charge in [0.2, 0.25) is 17.7 Å². The van der Waals surface area contributed by atoms with Crippen LogP contribution in [-0.4, -0.2) is 91.2 Å². The fraction of sp³-hybridized carbons (Fsp3) is 0.667. The molecule has 1 rings (SSSR count). The number of carbonyl (C=O) groups excluding carboxylic acids is 6. The molecule has 1 aliphatic rings. The first-order valence-corrected chi connectivity index (χ1v) is 12.8. The summed E-state index contributed by atoms with van der Waals surface area (Å²) >= 11 is 0. The topological polar surface area (TPSA) is 200 Å². The highest BCUT2D eigenvalue weighted by Crippen LogP contribution is 2.09. The van der Waals surface area contributed by atoms with Crippen LogP contribution in [0.2, 0.25) is 6.32 Å². The van der Waals surface area contributed by atoms with Gasteiger partial charge in [-0.2, -0.15) is 0 Å². The van der Waals surface area contributed by atoms with Crippen LogP contribution in [0.25, 0.3) is 0 Å². The number of urea groups is 1. The van der Waals surface area contributed by atoms with Crippen molar-refractivity contribution in [3.05, 3.63) is 12.2 Å². The predicted octanol–water partition coefficient (Wildman–Crippen LogP) is -1.39. The van der Waals surface area contributed by atoms with Crippen molar-refractivity contribution < 1.29 is 33.9 Å². The van der Waals surface area contributed by atoms with Gasteiger partial charge in [-0.1, -0.05) is 26.6 Å². The van der Waals surface area contributed by atoms with Crippen LogP contribution in [0.3, 0.4) is 0 Å². The smallest absolute Gasteiger partial charge is 0.312 e. The molecule has 0 spiro atoms. The number of aliphatic hydroxyl groups excluding tert-OH is 1. The molecule has 0 saturated heterocycles. The number of nitrogens with one attached hydrogen (secondary N) is 4. The molecule has 14 heteroatoms. The minimum absolute atomic E-state index is 0.00164. The highest BCUT2D eigenvalue weighted by atomic mass is 16.3. The van der Waals surface area contributed by atoms with Gasteiger partial charge in [0.1, 0.15) is 12.1 Å². The Balaban J connectivity index is 2.63. The van der Waals surface area contributed by atoms with Gasteiger partial charge in [-0.05, 0) is 31.6 Å². The van der Waals surface area contributed by atoms with Crippen molar-refractivity contribution in [2.45, 2.75) is 76.8 Å². The van der Waals surface area contributed by atoms with Crippen molar-refractivity contribution in [3.63, 3.8) is 0 Å². The van der Waals surface area contributed by atoms with Gasteiger partial charge < -0.3 is 32.1 Å². The zero-order valence-corrected chi connectivity index (χ0v) is 22.0. The number of amides is 7. The van der Waals surface area contributed by atoms with E-state index in [0.717, 1.165) is 4.90 Å². The van der Waals surface area contributed by atoms with E-state index in [2.05, 4.69) is 21.3 Å². The minimum Gasteiger partial charge on any atom is -0.394 e. The van der Waals surface area contributed by atoms with Crippen molar-refractivity contribution >= 4 is 43.4 Å². The molecule has 0 saturated carbocycles. The highest BCUT2D eigenvalue weighted by Gasteiger charge is 2.29. The molecule has 0 fully saturated rings. The van der Waals surface area contributed by atoms with E-state index in [0.29, 0.717) is 25.7 Å². The number of primary amides is 1. The molecule has 0 aromatic heterocycles. The van der Waals surface area contributed by atoms with Crippen LogP contribution in [0.4, 0.5) is 4.79 Å². The lowest BCUT2D eigenvalue weighted by molar-refractivity contribution is -0.137. The average molecular weight is 534 g/mol.